The number of carbonyl (C=O) groups excluding carboxylic acids is 2. The minimum atomic E-state index is -0.339. The van der Waals surface area contributed by atoms with Gasteiger partial charge >= 0.3 is 0 Å². The van der Waals surface area contributed by atoms with Crippen LogP contribution in [0.15, 0.2) is 65.5 Å². The Labute approximate surface area is 164 Å². The van der Waals surface area contributed by atoms with Gasteiger partial charge in [-0.25, -0.2) is 0 Å². The van der Waals surface area contributed by atoms with Crippen molar-refractivity contribution in [3.05, 3.63) is 83.6 Å². The third-order valence-electron chi connectivity index (χ3n) is 4.22. The molecule has 3 rings (SSSR count). The van der Waals surface area contributed by atoms with Crippen LogP contribution in [-0.4, -0.2) is 21.7 Å². The monoisotopic (exact) mass is 377 g/mol. The lowest BCUT2D eigenvalue weighted by atomic mass is 10.1. The molecule has 144 valence electrons. The van der Waals surface area contributed by atoms with Crippen molar-refractivity contribution in [2.24, 2.45) is 0 Å². The number of anilines is 1. The standard InChI is InChI=1S/C22H23N3O3/c1-16-10-17(2)12-19(11-16)24-21(26)13-22(27)25(15-20-4-3-9-28-20)14-18-5-7-23-8-6-18/h3-12H,13-15H2,1-2H3,(H,24,26). The lowest BCUT2D eigenvalue weighted by molar-refractivity contribution is -0.135. The van der Waals surface area contributed by atoms with Gasteiger partial charge in [0.15, 0.2) is 0 Å². The molecule has 0 fully saturated rings. The van der Waals surface area contributed by atoms with E-state index in [1.807, 2.05) is 50.2 Å². The summed E-state index contributed by atoms with van der Waals surface area (Å²) in [6.07, 6.45) is 4.69. The van der Waals surface area contributed by atoms with Crippen molar-refractivity contribution in [2.75, 3.05) is 5.32 Å². The maximum Gasteiger partial charge on any atom is 0.233 e. The van der Waals surface area contributed by atoms with Gasteiger partial charge in [-0.3, -0.25) is 14.6 Å². The van der Waals surface area contributed by atoms with E-state index in [9.17, 15) is 9.59 Å². The van der Waals surface area contributed by atoms with Crippen LogP contribution in [0.4, 0.5) is 5.69 Å². The molecule has 3 aromatic rings. The summed E-state index contributed by atoms with van der Waals surface area (Å²) in [4.78, 5) is 30.8. The minimum absolute atomic E-state index is 0.237. The van der Waals surface area contributed by atoms with Crippen molar-refractivity contribution >= 4 is 17.5 Å². The molecule has 0 saturated carbocycles. The van der Waals surface area contributed by atoms with Crippen molar-refractivity contribution in [1.29, 1.82) is 0 Å². The zero-order valence-corrected chi connectivity index (χ0v) is 16.0. The zero-order chi connectivity index (χ0) is 19.9. The Bertz CT molecular complexity index is 917. The van der Waals surface area contributed by atoms with Crippen LogP contribution in [0, 0.1) is 13.8 Å². The van der Waals surface area contributed by atoms with Crippen LogP contribution in [-0.2, 0) is 22.7 Å². The second-order valence-electron chi connectivity index (χ2n) is 6.79. The summed E-state index contributed by atoms with van der Waals surface area (Å²) < 4.78 is 5.37. The summed E-state index contributed by atoms with van der Waals surface area (Å²) in [5.41, 5.74) is 3.74. The molecule has 0 spiro atoms. The Morgan fingerprint density at radius 1 is 1.04 bits per heavy atom. The molecule has 0 saturated heterocycles. The largest absolute Gasteiger partial charge is 0.467 e. The number of pyridine rings is 1. The molecule has 6 heteroatoms. The molecule has 2 aromatic heterocycles. The van der Waals surface area contributed by atoms with E-state index >= 15 is 0 Å². The Morgan fingerprint density at radius 3 is 2.39 bits per heavy atom. The van der Waals surface area contributed by atoms with Crippen molar-refractivity contribution in [1.82, 2.24) is 9.88 Å². The third-order valence-corrected chi connectivity index (χ3v) is 4.22. The second-order valence-corrected chi connectivity index (χ2v) is 6.79. The Kier molecular flexibility index (Phi) is 6.22. The molecule has 2 amide bonds. The van der Waals surface area contributed by atoms with Crippen LogP contribution in [0.5, 0.6) is 0 Å². The number of aryl methyl sites for hydroxylation is 2. The predicted molar refractivity (Wildman–Crippen MR) is 106 cm³/mol. The van der Waals surface area contributed by atoms with E-state index in [-0.39, 0.29) is 18.2 Å². The highest BCUT2D eigenvalue weighted by atomic mass is 16.3. The second kappa shape index (κ2) is 8.99. The maximum absolute atomic E-state index is 12.8. The number of hydrogen-bond acceptors (Lipinski definition) is 4. The molecule has 0 aliphatic heterocycles. The summed E-state index contributed by atoms with van der Waals surface area (Å²) in [5, 5.41) is 2.81. The first-order chi connectivity index (χ1) is 13.5. The summed E-state index contributed by atoms with van der Waals surface area (Å²) in [6, 6.07) is 13.1. The van der Waals surface area contributed by atoms with Gasteiger partial charge in [-0.2, -0.15) is 0 Å². The van der Waals surface area contributed by atoms with Gasteiger partial charge < -0.3 is 14.6 Å². The smallest absolute Gasteiger partial charge is 0.233 e. The molecule has 1 aromatic carbocycles. The highest BCUT2D eigenvalue weighted by Gasteiger charge is 2.19. The first-order valence-corrected chi connectivity index (χ1v) is 9.07. The first-order valence-electron chi connectivity index (χ1n) is 9.07. The number of rotatable bonds is 7. The fourth-order valence-corrected chi connectivity index (χ4v) is 3.03. The normalized spacial score (nSPS) is 10.5. The third kappa shape index (κ3) is 5.54. The van der Waals surface area contributed by atoms with E-state index in [0.717, 1.165) is 16.7 Å². The number of hydrogen-bond donors (Lipinski definition) is 1. The number of furan rings is 1. The van der Waals surface area contributed by atoms with Crippen molar-refractivity contribution < 1.29 is 14.0 Å². The number of benzene rings is 1. The van der Waals surface area contributed by atoms with Gasteiger partial charge in [0.2, 0.25) is 11.8 Å². The number of aromatic nitrogens is 1. The number of amides is 2. The SMILES string of the molecule is Cc1cc(C)cc(NC(=O)CC(=O)N(Cc2ccncc2)Cc2ccco2)c1. The molecule has 1 N–H and O–H groups in total. The predicted octanol–water partition coefficient (Wildman–Crippen LogP) is 3.85. The van der Waals surface area contributed by atoms with E-state index in [4.69, 9.17) is 4.42 Å². The number of nitrogens with one attached hydrogen (secondary N) is 1. The molecule has 28 heavy (non-hydrogen) atoms. The van der Waals surface area contributed by atoms with Gasteiger partial charge in [0.25, 0.3) is 0 Å². The Morgan fingerprint density at radius 2 is 1.75 bits per heavy atom. The van der Waals surface area contributed by atoms with E-state index in [0.29, 0.717) is 24.5 Å². The summed E-state index contributed by atoms with van der Waals surface area (Å²) >= 11 is 0. The molecular weight excluding hydrogens is 354 g/mol. The van der Waals surface area contributed by atoms with E-state index in [2.05, 4.69) is 10.3 Å². The van der Waals surface area contributed by atoms with E-state index < -0.39 is 0 Å². The fourth-order valence-electron chi connectivity index (χ4n) is 3.03. The highest BCUT2D eigenvalue weighted by Crippen LogP contribution is 2.15. The Hall–Kier alpha value is -3.41. The molecule has 0 atom stereocenters. The van der Waals surface area contributed by atoms with Gasteiger partial charge in [-0.15, -0.1) is 0 Å². The minimum Gasteiger partial charge on any atom is -0.467 e. The summed E-state index contributed by atoms with van der Waals surface area (Å²) in [6.45, 7) is 4.60. The molecule has 0 bridgehead atoms. The summed E-state index contributed by atoms with van der Waals surface area (Å²) in [5.74, 6) is 0.0568. The van der Waals surface area contributed by atoms with Gasteiger partial charge in [-0.05, 0) is 66.9 Å². The highest BCUT2D eigenvalue weighted by molar-refractivity contribution is 6.03. The number of nitrogens with zero attached hydrogens (tertiary/aromatic N) is 2. The van der Waals surface area contributed by atoms with Gasteiger partial charge in [0.1, 0.15) is 12.2 Å². The molecule has 0 unspecified atom stereocenters. The van der Waals surface area contributed by atoms with E-state index in [1.165, 1.54) is 0 Å². The topological polar surface area (TPSA) is 75.4 Å². The Balaban J connectivity index is 1.68. The van der Waals surface area contributed by atoms with Crippen LogP contribution in [0.25, 0.3) is 0 Å². The van der Waals surface area contributed by atoms with Crippen LogP contribution < -0.4 is 5.32 Å². The molecular formula is C22H23N3O3. The van der Waals surface area contributed by atoms with Gasteiger partial charge in [0.05, 0.1) is 12.8 Å². The summed E-state index contributed by atoms with van der Waals surface area (Å²) in [7, 11) is 0. The molecule has 0 aliphatic rings. The molecule has 0 radical (unpaired) electrons. The fraction of sp³-hybridized carbons (Fsp3) is 0.227. The van der Waals surface area contributed by atoms with Crippen LogP contribution >= 0.6 is 0 Å². The molecule has 6 nitrogen and oxygen atoms in total. The lowest BCUT2D eigenvalue weighted by Gasteiger charge is -2.21. The maximum atomic E-state index is 12.8. The van der Waals surface area contributed by atoms with Crippen LogP contribution in [0.3, 0.4) is 0 Å². The van der Waals surface area contributed by atoms with E-state index in [1.54, 1.807) is 29.6 Å². The molecule has 2 heterocycles. The quantitative estimate of drug-likeness (QED) is 0.635. The average Bonchev–Trinajstić information content (AvgIpc) is 3.14. The van der Waals surface area contributed by atoms with Crippen molar-refractivity contribution in [2.45, 2.75) is 33.4 Å². The number of carbonyl (C=O) groups is 2. The van der Waals surface area contributed by atoms with Gasteiger partial charge in [0, 0.05) is 24.6 Å². The lowest BCUT2D eigenvalue weighted by Crippen LogP contribution is -2.33. The van der Waals surface area contributed by atoms with Crippen molar-refractivity contribution in [3.8, 4) is 0 Å². The van der Waals surface area contributed by atoms with Crippen LogP contribution in [0.2, 0.25) is 0 Å². The van der Waals surface area contributed by atoms with Gasteiger partial charge in [-0.1, -0.05) is 6.07 Å². The van der Waals surface area contributed by atoms with Crippen molar-refractivity contribution in [3.63, 3.8) is 0 Å². The first kappa shape index (κ1) is 19.4. The van der Waals surface area contributed by atoms with Crippen LogP contribution in [0.1, 0.15) is 28.9 Å². The average molecular weight is 377 g/mol. The zero-order valence-electron chi connectivity index (χ0n) is 16.0. The molecule has 0 aliphatic carbocycles.